The number of hydrogen-bond donors (Lipinski definition) is 1. The zero-order valence-corrected chi connectivity index (χ0v) is 14.4. The van der Waals surface area contributed by atoms with Crippen LogP contribution >= 0.6 is 11.3 Å². The summed E-state index contributed by atoms with van der Waals surface area (Å²) in [6.45, 7) is 0.544. The van der Waals surface area contributed by atoms with Gasteiger partial charge in [0.05, 0.1) is 17.3 Å². The van der Waals surface area contributed by atoms with Crippen molar-refractivity contribution in [1.82, 2.24) is 4.90 Å². The van der Waals surface area contributed by atoms with Crippen LogP contribution in [-0.2, 0) is 6.18 Å². The van der Waals surface area contributed by atoms with Gasteiger partial charge in [0.25, 0.3) is 0 Å². The first kappa shape index (κ1) is 17.8. The van der Waals surface area contributed by atoms with Crippen molar-refractivity contribution in [3.63, 3.8) is 0 Å². The minimum Gasteiger partial charge on any atom is -0.317 e. The molecule has 2 amide bonds. The summed E-state index contributed by atoms with van der Waals surface area (Å²) in [5.74, 6) is 0. The van der Waals surface area contributed by atoms with Crippen LogP contribution in [0.3, 0.4) is 0 Å². The van der Waals surface area contributed by atoms with Crippen molar-refractivity contribution in [3.05, 3.63) is 52.2 Å². The number of urea groups is 1. The molecule has 1 fully saturated rings. The first-order valence-electron chi connectivity index (χ1n) is 8.24. The number of carbonyl (C=O) groups is 1. The molecule has 25 heavy (non-hydrogen) atoms. The Morgan fingerprint density at radius 2 is 1.92 bits per heavy atom. The van der Waals surface area contributed by atoms with Crippen LogP contribution in [-0.4, -0.2) is 17.5 Å². The average molecular weight is 368 g/mol. The minimum atomic E-state index is -4.50. The summed E-state index contributed by atoms with van der Waals surface area (Å²) in [6, 6.07) is 8.43. The molecule has 2 aromatic rings. The van der Waals surface area contributed by atoms with Gasteiger partial charge in [-0.05, 0) is 36.4 Å². The van der Waals surface area contributed by atoms with E-state index in [2.05, 4.69) is 5.32 Å². The van der Waals surface area contributed by atoms with E-state index in [1.165, 1.54) is 18.2 Å². The number of nitrogens with one attached hydrogen (secondary N) is 1. The molecule has 1 saturated heterocycles. The van der Waals surface area contributed by atoms with Gasteiger partial charge in [0.15, 0.2) is 0 Å². The SMILES string of the molecule is O=C(Nc1ccccc1C(F)(F)F)N1CCCCC[C@H]1c1cccs1. The second-order valence-electron chi connectivity index (χ2n) is 6.05. The Morgan fingerprint density at radius 3 is 2.64 bits per heavy atom. The van der Waals surface area contributed by atoms with Gasteiger partial charge in [-0.25, -0.2) is 4.79 Å². The van der Waals surface area contributed by atoms with Gasteiger partial charge in [0.1, 0.15) is 0 Å². The van der Waals surface area contributed by atoms with E-state index in [1.807, 2.05) is 17.5 Å². The number of thiophene rings is 1. The van der Waals surface area contributed by atoms with Crippen LogP contribution in [0.15, 0.2) is 41.8 Å². The number of para-hydroxylation sites is 1. The van der Waals surface area contributed by atoms with Gasteiger partial charge in [0, 0.05) is 11.4 Å². The Morgan fingerprint density at radius 1 is 1.12 bits per heavy atom. The Hall–Kier alpha value is -2.02. The van der Waals surface area contributed by atoms with Crippen molar-refractivity contribution < 1.29 is 18.0 Å². The highest BCUT2D eigenvalue weighted by Crippen LogP contribution is 2.36. The number of rotatable bonds is 2. The summed E-state index contributed by atoms with van der Waals surface area (Å²) in [7, 11) is 0. The molecule has 0 radical (unpaired) electrons. The van der Waals surface area contributed by atoms with Crippen molar-refractivity contribution in [2.75, 3.05) is 11.9 Å². The Balaban J connectivity index is 1.84. The van der Waals surface area contributed by atoms with E-state index >= 15 is 0 Å². The molecule has 0 aliphatic carbocycles. The molecular weight excluding hydrogens is 349 g/mol. The lowest BCUT2D eigenvalue weighted by molar-refractivity contribution is -0.136. The molecule has 1 aliphatic rings. The quantitative estimate of drug-likeness (QED) is 0.701. The molecule has 2 heterocycles. The molecule has 3 nitrogen and oxygen atoms in total. The van der Waals surface area contributed by atoms with Crippen LogP contribution in [0, 0.1) is 0 Å². The normalized spacial score (nSPS) is 18.7. The van der Waals surface area contributed by atoms with Crippen molar-refractivity contribution in [3.8, 4) is 0 Å². The highest BCUT2D eigenvalue weighted by molar-refractivity contribution is 7.10. The molecule has 0 saturated carbocycles. The van der Waals surface area contributed by atoms with Crippen molar-refractivity contribution >= 4 is 23.1 Å². The zero-order valence-electron chi connectivity index (χ0n) is 13.6. The Bertz CT molecular complexity index is 715. The number of benzene rings is 1. The van der Waals surface area contributed by atoms with E-state index < -0.39 is 17.8 Å². The lowest BCUT2D eigenvalue weighted by Gasteiger charge is -2.30. The second-order valence-corrected chi connectivity index (χ2v) is 7.03. The number of likely N-dealkylation sites (tertiary alicyclic amines) is 1. The fourth-order valence-electron chi connectivity index (χ4n) is 3.15. The highest BCUT2D eigenvalue weighted by Gasteiger charge is 2.34. The van der Waals surface area contributed by atoms with E-state index in [-0.39, 0.29) is 11.7 Å². The summed E-state index contributed by atoms with van der Waals surface area (Å²) in [5.41, 5.74) is -1.03. The summed E-state index contributed by atoms with van der Waals surface area (Å²) in [4.78, 5) is 15.5. The molecule has 0 unspecified atom stereocenters. The van der Waals surface area contributed by atoms with E-state index in [0.717, 1.165) is 36.6 Å². The molecule has 0 bridgehead atoms. The van der Waals surface area contributed by atoms with Gasteiger partial charge in [-0.1, -0.05) is 31.0 Å². The molecule has 1 aromatic heterocycles. The number of carbonyl (C=O) groups excluding carboxylic acids is 1. The number of amides is 2. The molecule has 134 valence electrons. The molecular formula is C18H19F3N2OS. The van der Waals surface area contributed by atoms with Crippen LogP contribution in [0.5, 0.6) is 0 Å². The smallest absolute Gasteiger partial charge is 0.317 e. The maximum Gasteiger partial charge on any atom is 0.418 e. The molecule has 1 N–H and O–H groups in total. The lowest BCUT2D eigenvalue weighted by atomic mass is 10.1. The third-order valence-electron chi connectivity index (χ3n) is 4.36. The van der Waals surface area contributed by atoms with Crippen LogP contribution in [0.25, 0.3) is 0 Å². The van der Waals surface area contributed by atoms with Crippen LogP contribution in [0.2, 0.25) is 0 Å². The molecule has 0 spiro atoms. The number of anilines is 1. The monoisotopic (exact) mass is 368 g/mol. The van der Waals surface area contributed by atoms with E-state index in [4.69, 9.17) is 0 Å². The maximum atomic E-state index is 13.1. The molecule has 3 rings (SSSR count). The van der Waals surface area contributed by atoms with Gasteiger partial charge in [-0.15, -0.1) is 11.3 Å². The van der Waals surface area contributed by atoms with Crippen LogP contribution < -0.4 is 5.32 Å². The number of nitrogens with zero attached hydrogens (tertiary/aromatic N) is 1. The van der Waals surface area contributed by atoms with Crippen molar-refractivity contribution in [2.24, 2.45) is 0 Å². The molecule has 1 aliphatic heterocycles. The van der Waals surface area contributed by atoms with Gasteiger partial charge < -0.3 is 10.2 Å². The predicted octanol–water partition coefficient (Wildman–Crippen LogP) is 5.92. The van der Waals surface area contributed by atoms with E-state index in [9.17, 15) is 18.0 Å². The predicted molar refractivity (Wildman–Crippen MR) is 92.7 cm³/mol. The first-order chi connectivity index (χ1) is 12.0. The largest absolute Gasteiger partial charge is 0.418 e. The summed E-state index contributed by atoms with van der Waals surface area (Å²) >= 11 is 1.57. The highest BCUT2D eigenvalue weighted by atomic mass is 32.1. The summed E-state index contributed by atoms with van der Waals surface area (Å²) in [6.07, 6.45) is -0.794. The standard InChI is InChI=1S/C18H19F3N2OS/c19-18(20,21)13-7-3-4-8-14(13)22-17(24)23-11-5-1-2-9-15(23)16-10-6-12-25-16/h3-4,6-8,10,12,15H,1-2,5,9,11H2,(H,22,24)/t15-/m0/s1. The lowest BCUT2D eigenvalue weighted by Crippen LogP contribution is -2.38. The molecule has 1 atom stereocenters. The Labute approximate surface area is 148 Å². The zero-order chi connectivity index (χ0) is 17.9. The van der Waals surface area contributed by atoms with Gasteiger partial charge in [-0.3, -0.25) is 0 Å². The summed E-state index contributed by atoms with van der Waals surface area (Å²) in [5, 5.41) is 4.43. The first-order valence-corrected chi connectivity index (χ1v) is 9.12. The fourth-order valence-corrected chi connectivity index (χ4v) is 4.03. The van der Waals surface area contributed by atoms with Gasteiger partial charge in [-0.2, -0.15) is 13.2 Å². The van der Waals surface area contributed by atoms with Crippen molar-refractivity contribution in [2.45, 2.75) is 37.9 Å². The molecule has 7 heteroatoms. The minimum absolute atomic E-state index is 0.0828. The maximum absolute atomic E-state index is 13.1. The Kier molecular flexibility index (Phi) is 5.32. The fraction of sp³-hybridized carbons (Fsp3) is 0.389. The van der Waals surface area contributed by atoms with Crippen LogP contribution in [0.1, 0.15) is 42.2 Å². The average Bonchev–Trinajstić information content (AvgIpc) is 2.98. The number of alkyl halides is 3. The summed E-state index contributed by atoms with van der Waals surface area (Å²) < 4.78 is 39.4. The van der Waals surface area contributed by atoms with Gasteiger partial charge >= 0.3 is 12.2 Å². The number of hydrogen-bond acceptors (Lipinski definition) is 2. The third-order valence-corrected chi connectivity index (χ3v) is 5.33. The van der Waals surface area contributed by atoms with E-state index in [1.54, 1.807) is 16.2 Å². The third kappa shape index (κ3) is 4.15. The number of halogens is 3. The second kappa shape index (κ2) is 7.47. The van der Waals surface area contributed by atoms with E-state index in [0.29, 0.717) is 6.54 Å². The van der Waals surface area contributed by atoms with Crippen LogP contribution in [0.4, 0.5) is 23.7 Å². The van der Waals surface area contributed by atoms with Crippen molar-refractivity contribution in [1.29, 1.82) is 0 Å². The molecule has 1 aromatic carbocycles. The van der Waals surface area contributed by atoms with Gasteiger partial charge in [0.2, 0.25) is 0 Å². The topological polar surface area (TPSA) is 32.3 Å².